The summed E-state index contributed by atoms with van der Waals surface area (Å²) in [6.45, 7) is 2.00. The number of halogens is 3. The van der Waals surface area contributed by atoms with Crippen LogP contribution in [-0.2, 0) is 12.8 Å². The van der Waals surface area contributed by atoms with Crippen molar-refractivity contribution in [3.63, 3.8) is 0 Å². The quantitative estimate of drug-likeness (QED) is 0.842. The van der Waals surface area contributed by atoms with Gasteiger partial charge in [0.2, 0.25) is 5.89 Å². The Balaban J connectivity index is 2.42. The lowest BCUT2D eigenvalue weighted by Gasteiger charge is -2.05. The van der Waals surface area contributed by atoms with Crippen molar-refractivity contribution in [3.05, 3.63) is 11.7 Å². The van der Waals surface area contributed by atoms with Crippen LogP contribution in [-0.4, -0.2) is 22.4 Å². The van der Waals surface area contributed by atoms with Crippen LogP contribution in [0, 0.1) is 0 Å². The minimum absolute atomic E-state index is 0.0843. The second-order valence-corrected chi connectivity index (χ2v) is 3.97. The molecule has 0 radical (unpaired) electrons. The lowest BCUT2D eigenvalue weighted by molar-refractivity contribution is -0.134. The van der Waals surface area contributed by atoms with Crippen molar-refractivity contribution in [3.8, 4) is 0 Å². The largest absolute Gasteiger partial charge is 0.389 e. The van der Waals surface area contributed by atoms with Crippen LogP contribution < -0.4 is 5.73 Å². The zero-order valence-corrected chi connectivity index (χ0v) is 9.63. The van der Waals surface area contributed by atoms with E-state index in [4.69, 9.17) is 10.3 Å². The van der Waals surface area contributed by atoms with E-state index in [9.17, 15) is 13.2 Å². The highest BCUT2D eigenvalue weighted by Crippen LogP contribution is 2.21. The van der Waals surface area contributed by atoms with E-state index >= 15 is 0 Å². The lowest BCUT2D eigenvalue weighted by Crippen LogP contribution is -2.22. The third-order valence-corrected chi connectivity index (χ3v) is 2.24. The summed E-state index contributed by atoms with van der Waals surface area (Å²) in [6, 6.07) is -0.0871. The average Bonchev–Trinajstić information content (AvgIpc) is 2.62. The minimum Gasteiger partial charge on any atom is -0.339 e. The number of aryl methyl sites for hydroxylation is 1. The van der Waals surface area contributed by atoms with Crippen LogP contribution in [0.1, 0.15) is 37.9 Å². The second kappa shape index (κ2) is 6.00. The zero-order chi connectivity index (χ0) is 12.9. The molecule has 0 bridgehead atoms. The number of nitrogens with zero attached hydrogens (tertiary/aromatic N) is 2. The molecule has 0 amide bonds. The van der Waals surface area contributed by atoms with Gasteiger partial charge in [-0.25, -0.2) is 0 Å². The van der Waals surface area contributed by atoms with E-state index in [2.05, 4.69) is 10.1 Å². The Hall–Kier alpha value is -1.11. The fourth-order valence-corrected chi connectivity index (χ4v) is 1.43. The number of alkyl halides is 3. The Morgan fingerprint density at radius 1 is 1.41 bits per heavy atom. The maximum Gasteiger partial charge on any atom is 0.389 e. The molecule has 98 valence electrons. The molecule has 1 aromatic heterocycles. The molecule has 0 aliphatic rings. The molecular weight excluding hydrogens is 235 g/mol. The third-order valence-electron chi connectivity index (χ3n) is 2.24. The van der Waals surface area contributed by atoms with Gasteiger partial charge in [0.25, 0.3) is 0 Å². The Morgan fingerprint density at radius 3 is 2.71 bits per heavy atom. The third kappa shape index (κ3) is 5.67. The SMILES string of the molecule is CCCC(N)Cc1nc(CCC(F)(F)F)no1. The lowest BCUT2D eigenvalue weighted by atomic mass is 10.1. The van der Waals surface area contributed by atoms with Crippen molar-refractivity contribution in [2.45, 2.75) is 51.2 Å². The molecule has 4 nitrogen and oxygen atoms in total. The highest BCUT2D eigenvalue weighted by Gasteiger charge is 2.27. The Kier molecular flexibility index (Phi) is 4.92. The molecule has 0 aliphatic heterocycles. The monoisotopic (exact) mass is 251 g/mol. The van der Waals surface area contributed by atoms with E-state index in [0.29, 0.717) is 12.3 Å². The average molecular weight is 251 g/mol. The van der Waals surface area contributed by atoms with Crippen LogP contribution in [0.25, 0.3) is 0 Å². The van der Waals surface area contributed by atoms with Gasteiger partial charge in [-0.2, -0.15) is 18.2 Å². The number of hydrogen-bond acceptors (Lipinski definition) is 4. The van der Waals surface area contributed by atoms with E-state index in [0.717, 1.165) is 12.8 Å². The van der Waals surface area contributed by atoms with Crippen LogP contribution in [0.4, 0.5) is 13.2 Å². The summed E-state index contributed by atoms with van der Waals surface area (Å²) in [7, 11) is 0. The molecule has 7 heteroatoms. The summed E-state index contributed by atoms with van der Waals surface area (Å²) in [5.74, 6) is 0.393. The summed E-state index contributed by atoms with van der Waals surface area (Å²) in [5, 5.41) is 3.49. The molecule has 0 saturated carbocycles. The van der Waals surface area contributed by atoms with Crippen molar-refractivity contribution < 1.29 is 17.7 Å². The summed E-state index contributed by atoms with van der Waals surface area (Å²) < 4.78 is 40.7. The predicted molar refractivity (Wildman–Crippen MR) is 55.3 cm³/mol. The molecule has 1 atom stereocenters. The molecule has 1 unspecified atom stereocenters. The molecule has 0 spiro atoms. The fraction of sp³-hybridized carbons (Fsp3) is 0.800. The molecule has 0 aliphatic carbocycles. The van der Waals surface area contributed by atoms with Crippen molar-refractivity contribution >= 4 is 0 Å². The molecule has 0 aromatic carbocycles. The molecule has 1 rings (SSSR count). The standard InChI is InChI=1S/C10H16F3N3O/c1-2-3-7(14)6-9-15-8(16-17-9)4-5-10(11,12)13/h7H,2-6,14H2,1H3. The Morgan fingerprint density at radius 2 is 2.12 bits per heavy atom. The van der Waals surface area contributed by atoms with Crippen molar-refractivity contribution in [2.75, 3.05) is 0 Å². The molecule has 1 aromatic rings. The van der Waals surface area contributed by atoms with Gasteiger partial charge in [-0.3, -0.25) is 0 Å². The molecule has 0 fully saturated rings. The van der Waals surface area contributed by atoms with E-state index in [1.165, 1.54) is 0 Å². The van der Waals surface area contributed by atoms with Crippen LogP contribution in [0.5, 0.6) is 0 Å². The molecule has 17 heavy (non-hydrogen) atoms. The van der Waals surface area contributed by atoms with Crippen LogP contribution >= 0.6 is 0 Å². The van der Waals surface area contributed by atoms with E-state index in [-0.39, 0.29) is 18.3 Å². The van der Waals surface area contributed by atoms with Crippen LogP contribution in [0.3, 0.4) is 0 Å². The van der Waals surface area contributed by atoms with Gasteiger partial charge < -0.3 is 10.3 Å². The van der Waals surface area contributed by atoms with Crippen LogP contribution in [0.2, 0.25) is 0 Å². The van der Waals surface area contributed by atoms with Gasteiger partial charge in [0, 0.05) is 18.9 Å². The predicted octanol–water partition coefficient (Wildman–Crippen LogP) is 2.23. The van der Waals surface area contributed by atoms with Crippen molar-refractivity contribution in [2.24, 2.45) is 5.73 Å². The summed E-state index contributed by atoms with van der Waals surface area (Å²) in [6.07, 6.45) is -3.22. The number of hydrogen-bond donors (Lipinski definition) is 1. The topological polar surface area (TPSA) is 64.9 Å². The van der Waals surface area contributed by atoms with Gasteiger partial charge in [-0.15, -0.1) is 0 Å². The second-order valence-electron chi connectivity index (χ2n) is 3.97. The molecule has 0 saturated heterocycles. The fourth-order valence-electron chi connectivity index (χ4n) is 1.43. The molecular formula is C10H16F3N3O. The number of rotatable bonds is 6. The van der Waals surface area contributed by atoms with Gasteiger partial charge in [0.1, 0.15) is 0 Å². The molecule has 2 N–H and O–H groups in total. The minimum atomic E-state index is -4.20. The highest BCUT2D eigenvalue weighted by atomic mass is 19.4. The number of aromatic nitrogens is 2. The van der Waals surface area contributed by atoms with Crippen molar-refractivity contribution in [1.82, 2.24) is 10.1 Å². The first-order chi connectivity index (χ1) is 7.90. The summed E-state index contributed by atoms with van der Waals surface area (Å²) >= 11 is 0. The van der Waals surface area contributed by atoms with Gasteiger partial charge in [0.05, 0.1) is 6.42 Å². The Labute approximate surface area is 97.4 Å². The van der Waals surface area contributed by atoms with E-state index < -0.39 is 12.6 Å². The van der Waals surface area contributed by atoms with Gasteiger partial charge in [-0.05, 0) is 6.42 Å². The maximum atomic E-state index is 12.0. The summed E-state index contributed by atoms with van der Waals surface area (Å²) in [4.78, 5) is 3.88. The zero-order valence-electron chi connectivity index (χ0n) is 9.63. The first-order valence-electron chi connectivity index (χ1n) is 5.54. The summed E-state index contributed by atoms with van der Waals surface area (Å²) in [5.41, 5.74) is 5.76. The van der Waals surface area contributed by atoms with Gasteiger partial charge >= 0.3 is 6.18 Å². The van der Waals surface area contributed by atoms with Gasteiger partial charge in [0.15, 0.2) is 5.82 Å². The van der Waals surface area contributed by atoms with E-state index in [1.54, 1.807) is 0 Å². The first kappa shape index (κ1) is 14.0. The molecule has 1 heterocycles. The first-order valence-corrected chi connectivity index (χ1v) is 5.54. The number of nitrogens with two attached hydrogens (primary N) is 1. The van der Waals surface area contributed by atoms with Crippen molar-refractivity contribution in [1.29, 1.82) is 0 Å². The van der Waals surface area contributed by atoms with Crippen LogP contribution in [0.15, 0.2) is 4.52 Å². The van der Waals surface area contributed by atoms with E-state index in [1.807, 2.05) is 6.92 Å². The maximum absolute atomic E-state index is 12.0. The Bertz CT molecular complexity index is 338. The normalized spacial score (nSPS) is 13.9. The smallest absolute Gasteiger partial charge is 0.339 e. The van der Waals surface area contributed by atoms with Gasteiger partial charge in [-0.1, -0.05) is 18.5 Å². The highest BCUT2D eigenvalue weighted by molar-refractivity contribution is 4.89.